The third kappa shape index (κ3) is 5.42. The highest BCUT2D eigenvalue weighted by atomic mass is 19.4. The smallest absolute Gasteiger partial charge is 0.386 e. The highest BCUT2D eigenvalue weighted by Crippen LogP contribution is 2.33. The predicted octanol–water partition coefficient (Wildman–Crippen LogP) is 3.82. The molecule has 0 saturated carbocycles. The maximum Gasteiger partial charge on any atom is 0.408 e. The monoisotopic (exact) mass is 417 g/mol. The minimum atomic E-state index is -4.68. The van der Waals surface area contributed by atoms with Gasteiger partial charge in [0.1, 0.15) is 24.0 Å². The molecule has 0 radical (unpaired) electrons. The second-order valence-electron chi connectivity index (χ2n) is 6.36. The van der Waals surface area contributed by atoms with Crippen LogP contribution in [0.3, 0.4) is 0 Å². The van der Waals surface area contributed by atoms with E-state index in [-0.39, 0.29) is 18.4 Å². The normalized spacial score (nSPS) is 20.7. The largest absolute Gasteiger partial charge is 0.408 e. The van der Waals surface area contributed by atoms with Gasteiger partial charge < -0.3 is 15.7 Å². The molecule has 1 aromatic heterocycles. The number of allylic oxidation sites excluding steroid dienone is 1. The summed E-state index contributed by atoms with van der Waals surface area (Å²) in [6.07, 6.45) is -10.2. The summed E-state index contributed by atoms with van der Waals surface area (Å²) in [4.78, 5) is 10.9. The highest BCUT2D eigenvalue weighted by molar-refractivity contribution is 5.65. The second-order valence-corrected chi connectivity index (χ2v) is 6.36. The number of nitrogens with zero attached hydrogens (tertiary/aromatic N) is 3. The minimum absolute atomic E-state index is 0.0649. The zero-order valence-corrected chi connectivity index (χ0v) is 14.8. The van der Waals surface area contributed by atoms with Gasteiger partial charge in [0.05, 0.1) is 0 Å². The fraction of sp³-hybridized carbons (Fsp3) is 0.667. The molecule has 0 aliphatic heterocycles. The van der Waals surface area contributed by atoms with E-state index in [4.69, 9.17) is 0 Å². The van der Waals surface area contributed by atoms with Gasteiger partial charge in [-0.15, -0.1) is 0 Å². The van der Waals surface area contributed by atoms with Crippen LogP contribution in [0.4, 0.5) is 42.6 Å². The Balaban J connectivity index is 2.45. The molecule has 1 heterocycles. The van der Waals surface area contributed by atoms with Gasteiger partial charge in [-0.1, -0.05) is 0 Å². The van der Waals surface area contributed by atoms with Crippen molar-refractivity contribution in [1.82, 2.24) is 15.0 Å². The van der Waals surface area contributed by atoms with Gasteiger partial charge in [0.15, 0.2) is 5.82 Å². The van der Waals surface area contributed by atoms with Crippen molar-refractivity contribution in [2.75, 3.05) is 10.6 Å². The molecular weight excluding hydrogens is 399 g/mol. The first-order chi connectivity index (χ1) is 12.8. The summed E-state index contributed by atoms with van der Waals surface area (Å²) in [5, 5.41) is 13.5. The molecule has 1 aliphatic carbocycles. The summed E-state index contributed by atoms with van der Waals surface area (Å²) in [5.41, 5.74) is -0.188. The first kappa shape index (κ1) is 22.1. The Hall–Kier alpha value is -2.18. The lowest BCUT2D eigenvalue weighted by Gasteiger charge is -2.22. The minimum Gasteiger partial charge on any atom is -0.386 e. The van der Waals surface area contributed by atoms with E-state index in [0.717, 1.165) is 13.8 Å². The topological polar surface area (TPSA) is 83.0 Å². The number of rotatable bonds is 5. The molecule has 0 bridgehead atoms. The number of aliphatic hydroxyl groups excluding tert-OH is 1. The lowest BCUT2D eigenvalue weighted by atomic mass is 9.96. The van der Waals surface area contributed by atoms with E-state index < -0.39 is 54.1 Å². The van der Waals surface area contributed by atoms with Crippen LogP contribution in [0.2, 0.25) is 0 Å². The van der Waals surface area contributed by atoms with Gasteiger partial charge >= 0.3 is 12.4 Å². The number of halogens is 7. The van der Waals surface area contributed by atoms with Crippen molar-refractivity contribution < 1.29 is 35.8 Å². The van der Waals surface area contributed by atoms with Gasteiger partial charge in [0.25, 0.3) is 0 Å². The predicted molar refractivity (Wildman–Crippen MR) is 86.0 cm³/mol. The molecule has 0 spiro atoms. The van der Waals surface area contributed by atoms with Crippen LogP contribution in [-0.2, 0) is 0 Å². The summed E-state index contributed by atoms with van der Waals surface area (Å²) in [5.74, 6) is -2.76. The summed E-state index contributed by atoms with van der Waals surface area (Å²) < 4.78 is 90.8. The number of aliphatic hydroxyl groups is 1. The molecule has 158 valence electrons. The van der Waals surface area contributed by atoms with Crippen molar-refractivity contribution >= 4 is 17.5 Å². The van der Waals surface area contributed by atoms with Gasteiger partial charge in [0, 0.05) is 5.57 Å². The third-order valence-electron chi connectivity index (χ3n) is 4.06. The maximum atomic E-state index is 14.2. The number of nitrogens with one attached hydrogen (secondary N) is 2. The zero-order valence-electron chi connectivity index (χ0n) is 14.8. The van der Waals surface area contributed by atoms with E-state index in [1.54, 1.807) is 0 Å². The fourth-order valence-electron chi connectivity index (χ4n) is 2.33. The molecule has 13 heteroatoms. The van der Waals surface area contributed by atoms with Crippen LogP contribution < -0.4 is 10.6 Å². The fourth-order valence-corrected chi connectivity index (χ4v) is 2.33. The molecule has 0 aromatic carbocycles. The number of alkyl halides is 6. The Morgan fingerprint density at radius 1 is 0.929 bits per heavy atom. The lowest BCUT2D eigenvalue weighted by molar-refractivity contribution is -0.139. The molecule has 0 fully saturated rings. The Bertz CT molecular complexity index is 694. The SMILES string of the molecule is C[C@@H](Nc1nc(N[C@H](C)C(F)(F)F)nc(C2=C(F)[C@@H](O)CCC2)n1)C(F)(F)F. The lowest BCUT2D eigenvalue weighted by Crippen LogP contribution is -2.35. The van der Waals surface area contributed by atoms with Crippen LogP contribution in [0, 0.1) is 0 Å². The molecule has 0 saturated heterocycles. The van der Waals surface area contributed by atoms with E-state index in [2.05, 4.69) is 15.0 Å². The molecule has 1 aliphatic rings. The van der Waals surface area contributed by atoms with Crippen LogP contribution in [0.5, 0.6) is 0 Å². The van der Waals surface area contributed by atoms with Crippen molar-refractivity contribution in [2.24, 2.45) is 0 Å². The van der Waals surface area contributed by atoms with Crippen LogP contribution in [0.1, 0.15) is 38.9 Å². The van der Waals surface area contributed by atoms with E-state index >= 15 is 0 Å². The summed E-state index contributed by atoms with van der Waals surface area (Å²) in [7, 11) is 0. The number of hydrogen-bond acceptors (Lipinski definition) is 6. The van der Waals surface area contributed by atoms with E-state index in [0.29, 0.717) is 6.42 Å². The molecular formula is C15H18F7N5O. The van der Waals surface area contributed by atoms with Gasteiger partial charge in [0.2, 0.25) is 11.9 Å². The summed E-state index contributed by atoms with van der Waals surface area (Å²) in [6, 6.07) is -4.24. The molecule has 28 heavy (non-hydrogen) atoms. The van der Waals surface area contributed by atoms with Crippen molar-refractivity contribution in [3.63, 3.8) is 0 Å². The molecule has 3 N–H and O–H groups in total. The van der Waals surface area contributed by atoms with Crippen molar-refractivity contribution in [3.8, 4) is 0 Å². The van der Waals surface area contributed by atoms with Crippen LogP contribution in [-0.4, -0.2) is 50.6 Å². The van der Waals surface area contributed by atoms with E-state index in [1.807, 2.05) is 10.6 Å². The first-order valence-electron chi connectivity index (χ1n) is 8.28. The first-order valence-corrected chi connectivity index (χ1v) is 8.28. The number of aromatic nitrogens is 3. The summed E-state index contributed by atoms with van der Waals surface area (Å²) in [6.45, 7) is 1.53. The van der Waals surface area contributed by atoms with Crippen LogP contribution in [0.25, 0.3) is 5.57 Å². The molecule has 0 unspecified atom stereocenters. The van der Waals surface area contributed by atoms with Crippen LogP contribution in [0.15, 0.2) is 5.83 Å². The van der Waals surface area contributed by atoms with Gasteiger partial charge in [-0.05, 0) is 33.1 Å². The highest BCUT2D eigenvalue weighted by Gasteiger charge is 2.38. The van der Waals surface area contributed by atoms with E-state index in [9.17, 15) is 35.8 Å². The van der Waals surface area contributed by atoms with Gasteiger partial charge in [-0.2, -0.15) is 41.3 Å². The zero-order chi connectivity index (χ0) is 21.3. The summed E-state index contributed by atoms with van der Waals surface area (Å²) >= 11 is 0. The second kappa shape index (κ2) is 8.05. The molecule has 1 aromatic rings. The standard InChI is InChI=1S/C15H18F7N5O/c1-6(14(17,18)19)23-12-25-11(8-4-3-5-9(28)10(8)16)26-13(27-12)24-7(2)15(20,21)22/h6-7,9,28H,3-5H2,1-2H3,(H2,23,24,25,26,27)/t6-,7-,9+/m1/s1. The van der Waals surface area contributed by atoms with Crippen molar-refractivity contribution in [1.29, 1.82) is 0 Å². The van der Waals surface area contributed by atoms with Crippen molar-refractivity contribution in [2.45, 2.75) is 63.7 Å². The average molecular weight is 417 g/mol. The Kier molecular flexibility index (Phi) is 6.36. The average Bonchev–Trinajstić information content (AvgIpc) is 2.55. The third-order valence-corrected chi connectivity index (χ3v) is 4.06. The van der Waals surface area contributed by atoms with Gasteiger partial charge in [-0.3, -0.25) is 0 Å². The van der Waals surface area contributed by atoms with Crippen molar-refractivity contribution in [3.05, 3.63) is 11.7 Å². The number of hydrogen-bond donors (Lipinski definition) is 3. The Morgan fingerprint density at radius 3 is 1.82 bits per heavy atom. The Morgan fingerprint density at radius 2 is 1.39 bits per heavy atom. The quantitative estimate of drug-likeness (QED) is 0.632. The Labute approximate surface area is 155 Å². The molecule has 2 rings (SSSR count). The maximum absolute atomic E-state index is 14.2. The number of anilines is 2. The molecule has 3 atom stereocenters. The molecule has 6 nitrogen and oxygen atoms in total. The molecule has 0 amide bonds. The van der Waals surface area contributed by atoms with Crippen LogP contribution >= 0.6 is 0 Å². The van der Waals surface area contributed by atoms with Gasteiger partial charge in [-0.25, -0.2) is 4.39 Å². The van der Waals surface area contributed by atoms with E-state index in [1.165, 1.54) is 0 Å².